The van der Waals surface area contributed by atoms with Gasteiger partial charge in [0.1, 0.15) is 11.5 Å². The summed E-state index contributed by atoms with van der Waals surface area (Å²) in [4.78, 5) is 17.0. The molecule has 2 aromatic carbocycles. The number of benzene rings is 2. The van der Waals surface area contributed by atoms with Gasteiger partial charge in [-0.3, -0.25) is 4.79 Å². The predicted molar refractivity (Wildman–Crippen MR) is 195 cm³/mol. The fourth-order valence-electron chi connectivity index (χ4n) is 6.40. The molecule has 261 valence electrons. The zero-order chi connectivity index (χ0) is 32.8. The molecule has 2 atom stereocenters. The summed E-state index contributed by atoms with van der Waals surface area (Å²) >= 11 is 0. The summed E-state index contributed by atoms with van der Waals surface area (Å²) in [5, 5.41) is 6.43. The fraction of sp³-hybridized carbons (Fsp3) is 0.658. The van der Waals surface area contributed by atoms with Gasteiger partial charge in [0.25, 0.3) is 0 Å². The number of nitrogens with zero attached hydrogens (tertiary/aromatic N) is 2. The molecule has 2 N–H and O–H groups in total. The Morgan fingerprint density at radius 1 is 0.809 bits per heavy atom. The van der Waals surface area contributed by atoms with E-state index in [1.54, 1.807) is 14.2 Å². The maximum Gasteiger partial charge on any atom is 0.224 e. The van der Waals surface area contributed by atoms with Crippen LogP contribution < -0.4 is 20.1 Å². The predicted octanol–water partition coefficient (Wildman–Crippen LogP) is 5.06. The van der Waals surface area contributed by atoms with E-state index in [4.69, 9.17) is 14.2 Å². The zero-order valence-electron chi connectivity index (χ0n) is 29.8. The number of likely N-dealkylation sites (tertiary alicyclic amines) is 2. The Kier molecular flexibility index (Phi) is 21.2. The molecular formula is C38H62BN4O4. The second-order valence-electron chi connectivity index (χ2n) is 12.7. The average Bonchev–Trinajstić information content (AvgIpc) is 3.71. The number of hydrogen-bond acceptors (Lipinski definition) is 7. The lowest BCUT2D eigenvalue weighted by atomic mass is 9.96. The van der Waals surface area contributed by atoms with Crippen molar-refractivity contribution in [1.82, 2.24) is 20.4 Å². The largest absolute Gasteiger partial charge is 0.497 e. The molecule has 0 aromatic heterocycles. The second-order valence-corrected chi connectivity index (χ2v) is 12.7. The van der Waals surface area contributed by atoms with Crippen molar-refractivity contribution < 1.29 is 19.0 Å². The van der Waals surface area contributed by atoms with Crippen LogP contribution in [0.25, 0.3) is 0 Å². The molecule has 3 aliphatic heterocycles. The minimum absolute atomic E-state index is 0. The van der Waals surface area contributed by atoms with Crippen LogP contribution in [0.1, 0.15) is 63.5 Å². The molecule has 3 radical (unpaired) electrons. The van der Waals surface area contributed by atoms with Crippen LogP contribution in [-0.2, 0) is 22.4 Å². The fourth-order valence-corrected chi connectivity index (χ4v) is 6.40. The van der Waals surface area contributed by atoms with E-state index in [-0.39, 0.29) is 20.2 Å². The number of carbonyl (C=O) groups excluding carboxylic acids is 1. The van der Waals surface area contributed by atoms with Crippen molar-refractivity contribution in [3.8, 4) is 11.5 Å². The Morgan fingerprint density at radius 3 is 1.89 bits per heavy atom. The van der Waals surface area contributed by atoms with E-state index < -0.39 is 0 Å². The van der Waals surface area contributed by atoms with Crippen molar-refractivity contribution in [2.75, 3.05) is 86.3 Å². The second kappa shape index (κ2) is 24.5. The number of nitrogens with one attached hydrogen (secondary N) is 2. The van der Waals surface area contributed by atoms with E-state index in [1.807, 2.05) is 25.1 Å². The summed E-state index contributed by atoms with van der Waals surface area (Å²) in [5.41, 5.74) is 2.66. The summed E-state index contributed by atoms with van der Waals surface area (Å²) in [6.07, 6.45) is 9.52. The lowest BCUT2D eigenvalue weighted by Crippen LogP contribution is -2.43. The van der Waals surface area contributed by atoms with Crippen molar-refractivity contribution in [3.05, 3.63) is 59.7 Å². The van der Waals surface area contributed by atoms with Gasteiger partial charge in [-0.05, 0) is 126 Å². The molecule has 1 amide bonds. The van der Waals surface area contributed by atoms with Crippen LogP contribution in [0.15, 0.2) is 48.5 Å². The van der Waals surface area contributed by atoms with Crippen LogP contribution in [-0.4, -0.2) is 110 Å². The van der Waals surface area contributed by atoms with Gasteiger partial charge in [-0.2, -0.15) is 0 Å². The van der Waals surface area contributed by atoms with Crippen molar-refractivity contribution in [2.24, 2.45) is 11.8 Å². The summed E-state index contributed by atoms with van der Waals surface area (Å²) in [5.74, 6) is 3.07. The van der Waals surface area contributed by atoms with Gasteiger partial charge in [-0.25, -0.2) is 0 Å². The Labute approximate surface area is 287 Å². The number of amides is 1. The number of piperidine rings is 2. The van der Waals surface area contributed by atoms with E-state index in [0.29, 0.717) is 0 Å². The van der Waals surface area contributed by atoms with Crippen LogP contribution in [0.4, 0.5) is 0 Å². The smallest absolute Gasteiger partial charge is 0.224 e. The average molecular weight is 650 g/mol. The first-order valence-electron chi connectivity index (χ1n) is 17.8. The van der Waals surface area contributed by atoms with Crippen molar-refractivity contribution in [2.45, 2.75) is 65.2 Å². The highest BCUT2D eigenvalue weighted by atomic mass is 16.5. The van der Waals surface area contributed by atoms with Crippen molar-refractivity contribution in [1.29, 1.82) is 0 Å². The molecule has 0 bridgehead atoms. The number of rotatable bonds is 13. The molecule has 9 heteroatoms. The molecule has 0 spiro atoms. The highest BCUT2D eigenvalue weighted by Gasteiger charge is 2.25. The molecule has 0 aliphatic carbocycles. The van der Waals surface area contributed by atoms with Crippen molar-refractivity contribution in [3.63, 3.8) is 0 Å². The molecule has 3 saturated heterocycles. The van der Waals surface area contributed by atoms with Gasteiger partial charge in [0.2, 0.25) is 5.91 Å². The van der Waals surface area contributed by atoms with E-state index in [2.05, 4.69) is 57.7 Å². The molecule has 3 fully saturated rings. The van der Waals surface area contributed by atoms with E-state index in [9.17, 15) is 4.79 Å². The molecule has 3 aliphatic rings. The molecule has 3 heterocycles. The first-order valence-corrected chi connectivity index (χ1v) is 17.8. The number of ether oxygens (including phenoxy) is 3. The Morgan fingerprint density at radius 2 is 1.38 bits per heavy atom. The lowest BCUT2D eigenvalue weighted by molar-refractivity contribution is -0.126. The molecule has 0 saturated carbocycles. The molecule has 5 rings (SSSR count). The first-order chi connectivity index (χ1) is 22.5. The van der Waals surface area contributed by atoms with Crippen molar-refractivity contribution >= 4 is 14.3 Å². The van der Waals surface area contributed by atoms with Gasteiger partial charge >= 0.3 is 0 Å². The third kappa shape index (κ3) is 16.4. The number of hydrogen-bond donors (Lipinski definition) is 2. The lowest BCUT2D eigenvalue weighted by Gasteiger charge is -2.32. The van der Waals surface area contributed by atoms with Crippen LogP contribution in [0.2, 0.25) is 0 Å². The highest BCUT2D eigenvalue weighted by Crippen LogP contribution is 2.19. The van der Waals surface area contributed by atoms with Crippen LogP contribution in [0, 0.1) is 11.8 Å². The van der Waals surface area contributed by atoms with Crippen LogP contribution in [0.5, 0.6) is 11.5 Å². The minimum Gasteiger partial charge on any atom is -0.497 e. The normalized spacial score (nSPS) is 19.7. The SMILES string of the molecule is C1CCOC1.CCNC(=O)C1CCCN(CCc2cccc(OC)c2)C1.CCNCC1CCCN(CCc2cccc(OC)c2)C1.[B]. The molecule has 2 aromatic rings. The van der Waals surface area contributed by atoms with Crippen LogP contribution in [0.3, 0.4) is 0 Å². The highest BCUT2D eigenvalue weighted by molar-refractivity contribution is 5.78. The minimum atomic E-state index is 0. The van der Waals surface area contributed by atoms with Crippen LogP contribution >= 0.6 is 0 Å². The summed E-state index contributed by atoms with van der Waals surface area (Å²) < 4.78 is 15.5. The third-order valence-electron chi connectivity index (χ3n) is 9.04. The summed E-state index contributed by atoms with van der Waals surface area (Å²) in [6, 6.07) is 16.7. The molecule has 47 heavy (non-hydrogen) atoms. The number of carbonyl (C=O) groups is 1. The maximum absolute atomic E-state index is 11.9. The topological polar surface area (TPSA) is 75.3 Å². The molecular weight excluding hydrogens is 587 g/mol. The monoisotopic (exact) mass is 649 g/mol. The van der Waals surface area contributed by atoms with E-state index >= 15 is 0 Å². The number of methoxy groups -OCH3 is 2. The Balaban J connectivity index is 0.000000279. The van der Waals surface area contributed by atoms with Gasteiger partial charge in [0, 0.05) is 54.4 Å². The molecule has 8 nitrogen and oxygen atoms in total. The quantitative estimate of drug-likeness (QED) is 0.294. The molecule has 2 unspecified atom stereocenters. The maximum atomic E-state index is 11.9. The first kappa shape index (κ1) is 40.6. The standard InChI is InChI=1S/C17H26N2O2.C17H28N2O.C4H8O.B/c1-3-18-17(20)15-7-5-10-19(13-15)11-9-14-6-4-8-16(12-14)21-2;1-3-18-13-16-7-5-10-19(14-16)11-9-15-6-4-8-17(12-15)20-2;1-2-4-5-3-1;/h4,6,8,12,15H,3,5,7,9-11,13H2,1-2H3,(H,18,20);4,6,8,12,16,18H,3,5,7,9-11,13-14H2,1-2H3;1-4H2;. The summed E-state index contributed by atoms with van der Waals surface area (Å²) in [6.45, 7) is 15.8. The summed E-state index contributed by atoms with van der Waals surface area (Å²) in [7, 11) is 3.43. The third-order valence-corrected chi connectivity index (χ3v) is 9.04. The van der Waals surface area contributed by atoms with Gasteiger partial charge in [-0.1, -0.05) is 31.2 Å². The Hall–Kier alpha value is -2.59. The Bertz CT molecular complexity index is 1100. The van der Waals surface area contributed by atoms with E-state index in [1.165, 1.54) is 56.4 Å². The van der Waals surface area contributed by atoms with E-state index in [0.717, 1.165) is 95.6 Å². The van der Waals surface area contributed by atoms with Gasteiger partial charge in [-0.15, -0.1) is 0 Å². The van der Waals surface area contributed by atoms with Gasteiger partial charge < -0.3 is 34.6 Å². The van der Waals surface area contributed by atoms with Gasteiger partial charge in [0.05, 0.1) is 20.1 Å². The zero-order valence-corrected chi connectivity index (χ0v) is 29.8. The van der Waals surface area contributed by atoms with Gasteiger partial charge in [0.15, 0.2) is 0 Å².